The molecule has 16 heteroatoms. The summed E-state index contributed by atoms with van der Waals surface area (Å²) >= 11 is 0. The minimum absolute atomic E-state index is 0.00604. The Labute approximate surface area is 295 Å². The van der Waals surface area contributed by atoms with Crippen molar-refractivity contribution >= 4 is 33.6 Å². The first kappa shape index (κ1) is 36.3. The molecule has 0 saturated carbocycles. The van der Waals surface area contributed by atoms with Crippen LogP contribution in [0.2, 0.25) is 0 Å². The van der Waals surface area contributed by atoms with E-state index in [1.54, 1.807) is 36.4 Å². The van der Waals surface area contributed by atoms with Crippen LogP contribution >= 0.6 is 0 Å². The van der Waals surface area contributed by atoms with Crippen LogP contribution in [0.3, 0.4) is 0 Å². The van der Waals surface area contributed by atoms with Gasteiger partial charge < -0.3 is 4.74 Å². The van der Waals surface area contributed by atoms with Crippen LogP contribution < -0.4 is 9.64 Å². The van der Waals surface area contributed by atoms with Crippen LogP contribution in [0.1, 0.15) is 50.4 Å². The van der Waals surface area contributed by atoms with E-state index in [4.69, 9.17) is 0 Å². The molecule has 10 nitrogen and oxygen atoms in total. The number of fused-ring (bicyclic) bond motifs is 2. The first-order valence-corrected chi connectivity index (χ1v) is 14.6. The Hall–Kier alpha value is -8.02. The van der Waals surface area contributed by atoms with E-state index in [2.05, 4.69) is 4.74 Å². The second-order valence-corrected chi connectivity index (χ2v) is 11.2. The van der Waals surface area contributed by atoms with Crippen LogP contribution in [0.4, 0.5) is 32.0 Å². The van der Waals surface area contributed by atoms with Crippen molar-refractivity contribution in [2.75, 3.05) is 11.9 Å². The molecule has 0 aromatic heterocycles. The minimum atomic E-state index is -5.23. The molecule has 0 heterocycles. The highest BCUT2D eigenvalue weighted by atomic mass is 19.4. The summed E-state index contributed by atoms with van der Waals surface area (Å²) in [7, 11) is 0.667. The third kappa shape index (κ3) is 6.07. The second kappa shape index (κ2) is 13.4. The summed E-state index contributed by atoms with van der Waals surface area (Å²) in [6.07, 6.45) is -10.2. The van der Waals surface area contributed by atoms with Crippen molar-refractivity contribution in [2.45, 2.75) is 18.6 Å². The number of ether oxygens (including phenoxy) is 1. The lowest BCUT2D eigenvalue weighted by atomic mass is 9.80. The van der Waals surface area contributed by atoms with Crippen molar-refractivity contribution in [2.24, 2.45) is 5.92 Å². The normalized spacial score (nSPS) is 14.3. The average molecular weight is 714 g/mol. The number of nitriles is 8. The first-order valence-electron chi connectivity index (χ1n) is 14.6. The molecule has 0 saturated heterocycles. The summed E-state index contributed by atoms with van der Waals surface area (Å²) in [6.45, 7) is 0. The quantitative estimate of drug-likeness (QED) is 0.143. The molecular formula is C37H13F6N9O. The molecule has 1 unspecified atom stereocenters. The summed E-state index contributed by atoms with van der Waals surface area (Å²) in [4.78, 5) is -0.133. The van der Waals surface area contributed by atoms with E-state index < -0.39 is 52.6 Å². The third-order valence-corrected chi connectivity index (χ3v) is 8.51. The zero-order chi connectivity index (χ0) is 39.0. The minimum Gasteiger partial charge on any atom is -0.404 e. The third-order valence-electron chi connectivity index (χ3n) is 8.51. The predicted octanol–water partition coefficient (Wildman–Crippen LogP) is 7.73. The number of anilines is 1. The fourth-order valence-corrected chi connectivity index (χ4v) is 6.31. The average Bonchev–Trinajstić information content (AvgIpc) is 3.61. The number of rotatable bonds is 5. The fourth-order valence-electron chi connectivity index (χ4n) is 6.31. The molecule has 0 bridgehead atoms. The Morgan fingerprint density at radius 3 is 1.83 bits per heavy atom. The largest absolute Gasteiger partial charge is 0.573 e. The molecule has 2 aliphatic rings. The zero-order valence-corrected chi connectivity index (χ0v) is 26.5. The summed E-state index contributed by atoms with van der Waals surface area (Å²) in [5.74, 6) is -3.89. The Morgan fingerprint density at radius 1 is 0.698 bits per heavy atom. The van der Waals surface area contributed by atoms with Gasteiger partial charge in [0.2, 0.25) is 0 Å². The maximum Gasteiger partial charge on any atom is 0.573 e. The van der Waals surface area contributed by atoms with Gasteiger partial charge in [0.25, 0.3) is 0 Å². The summed E-state index contributed by atoms with van der Waals surface area (Å²) in [6, 6.07) is 23.0. The highest BCUT2D eigenvalue weighted by Gasteiger charge is 2.42. The molecule has 5 rings (SSSR count). The van der Waals surface area contributed by atoms with Crippen molar-refractivity contribution in [3.8, 4) is 54.3 Å². The molecule has 2 aliphatic carbocycles. The molecule has 254 valence electrons. The maximum absolute atomic E-state index is 13.8. The smallest absolute Gasteiger partial charge is 0.404 e. The summed E-state index contributed by atoms with van der Waals surface area (Å²) in [5, 5.41) is 79.9. The van der Waals surface area contributed by atoms with Gasteiger partial charge in [-0.1, -0.05) is 12.1 Å². The highest BCUT2D eigenvalue weighted by Crippen LogP contribution is 2.56. The van der Waals surface area contributed by atoms with Crippen molar-refractivity contribution in [1.82, 2.24) is 0 Å². The molecule has 0 N–H and O–H groups in total. The lowest BCUT2D eigenvalue weighted by Crippen LogP contribution is -2.34. The molecule has 0 radical (unpaired) electrons. The van der Waals surface area contributed by atoms with Crippen LogP contribution in [0.5, 0.6) is 5.75 Å². The molecule has 53 heavy (non-hydrogen) atoms. The predicted molar refractivity (Wildman–Crippen MR) is 170 cm³/mol. The van der Waals surface area contributed by atoms with Gasteiger partial charge in [0.15, 0.2) is 0 Å². The SMILES string of the molecule is CN(c1cc(C2=C(C#N)c3cc4c(cc3C2=C(C#N)C#N)C(C(C#N)C#N)C(c2ccc(C#N)c(OC(F)(F)F)c2)=C4C#N)ccc1C#N)C(F)(F)F. The molecule has 0 fully saturated rings. The van der Waals surface area contributed by atoms with Gasteiger partial charge in [0.1, 0.15) is 53.7 Å². The summed E-state index contributed by atoms with van der Waals surface area (Å²) < 4.78 is 85.3. The van der Waals surface area contributed by atoms with Crippen LogP contribution in [0.15, 0.2) is 54.1 Å². The topological polar surface area (TPSA) is 203 Å². The molecule has 3 aromatic carbocycles. The van der Waals surface area contributed by atoms with E-state index in [1.165, 1.54) is 24.3 Å². The molecule has 0 amide bonds. The van der Waals surface area contributed by atoms with Crippen molar-refractivity contribution in [3.63, 3.8) is 0 Å². The number of hydrogen-bond donors (Lipinski definition) is 0. The van der Waals surface area contributed by atoms with Gasteiger partial charge in [0, 0.05) is 29.7 Å². The van der Waals surface area contributed by atoms with Crippen LogP contribution in [-0.4, -0.2) is 19.7 Å². The number of hydrogen-bond acceptors (Lipinski definition) is 10. The molecule has 0 spiro atoms. The Morgan fingerprint density at radius 2 is 1.30 bits per heavy atom. The van der Waals surface area contributed by atoms with E-state index in [-0.39, 0.29) is 66.1 Å². The van der Waals surface area contributed by atoms with Crippen molar-refractivity contribution in [3.05, 3.63) is 98.6 Å². The summed E-state index contributed by atoms with van der Waals surface area (Å²) in [5.41, 5.74) is -3.26. The van der Waals surface area contributed by atoms with E-state index >= 15 is 0 Å². The van der Waals surface area contributed by atoms with E-state index in [0.717, 1.165) is 24.3 Å². The number of allylic oxidation sites excluding steroid dienone is 6. The Kier molecular flexibility index (Phi) is 9.14. The Balaban J connectivity index is 1.87. The lowest BCUT2D eigenvalue weighted by molar-refractivity contribution is -0.274. The molecule has 1 atom stereocenters. The maximum atomic E-state index is 13.8. The lowest BCUT2D eigenvalue weighted by Gasteiger charge is -2.24. The number of alkyl halides is 6. The van der Waals surface area contributed by atoms with Gasteiger partial charge in [0.05, 0.1) is 40.1 Å². The van der Waals surface area contributed by atoms with Gasteiger partial charge in [-0.3, -0.25) is 4.90 Å². The monoisotopic (exact) mass is 713 g/mol. The number of benzene rings is 3. The fraction of sp³-hybridized carbons (Fsp3) is 0.135. The number of halogens is 6. The first-order chi connectivity index (χ1) is 25.1. The number of nitrogens with zero attached hydrogens (tertiary/aromatic N) is 9. The van der Waals surface area contributed by atoms with Gasteiger partial charge in [-0.05, 0) is 69.8 Å². The van der Waals surface area contributed by atoms with Crippen LogP contribution in [0.25, 0.3) is 27.9 Å². The van der Waals surface area contributed by atoms with Crippen molar-refractivity contribution in [1.29, 1.82) is 42.1 Å². The van der Waals surface area contributed by atoms with Gasteiger partial charge >= 0.3 is 12.7 Å². The van der Waals surface area contributed by atoms with Gasteiger partial charge in [-0.25, -0.2) is 0 Å². The molecular weight excluding hydrogens is 700 g/mol. The standard InChI is InChI=1S/C37H13F6N9O/c1-52(36(38,39)40)30-6-18(2-4-20(30)10-44)32-28(16-50)24-8-25-27(9-26(24)34(32)22(12-46)13-47)35(23(14-48)15-49)33(29(25)17-51)19-3-5-21(11-45)31(7-19)53-37(41,42)43/h2-9,23,35H,1H3. The molecule has 0 aliphatic heterocycles. The van der Waals surface area contributed by atoms with E-state index in [9.17, 15) is 68.4 Å². The second-order valence-electron chi connectivity index (χ2n) is 11.2. The van der Waals surface area contributed by atoms with Gasteiger partial charge in [-0.2, -0.15) is 55.3 Å². The van der Waals surface area contributed by atoms with E-state index in [1.807, 2.05) is 12.1 Å². The van der Waals surface area contributed by atoms with Gasteiger partial charge in [-0.15, -0.1) is 13.2 Å². The van der Waals surface area contributed by atoms with Crippen molar-refractivity contribution < 1.29 is 31.1 Å². The Bertz CT molecular complexity index is 2560. The van der Waals surface area contributed by atoms with E-state index in [0.29, 0.717) is 7.05 Å². The van der Waals surface area contributed by atoms with Crippen LogP contribution in [-0.2, 0) is 0 Å². The zero-order valence-electron chi connectivity index (χ0n) is 26.5. The highest BCUT2D eigenvalue weighted by molar-refractivity contribution is 6.26. The molecule has 3 aromatic rings. The van der Waals surface area contributed by atoms with Crippen LogP contribution in [0, 0.1) is 96.6 Å².